The van der Waals surface area contributed by atoms with Gasteiger partial charge in [-0.1, -0.05) is 23.7 Å². The average molecular weight is 357 g/mol. The minimum atomic E-state index is 0.221. The van der Waals surface area contributed by atoms with Crippen LogP contribution in [0.2, 0.25) is 5.02 Å². The van der Waals surface area contributed by atoms with Crippen molar-refractivity contribution in [1.29, 1.82) is 0 Å². The second-order valence-corrected chi connectivity index (χ2v) is 7.17. The maximum Gasteiger partial charge on any atom is 0.178 e. The van der Waals surface area contributed by atoms with Crippen molar-refractivity contribution >= 4 is 23.1 Å². The van der Waals surface area contributed by atoms with Gasteiger partial charge in [0.25, 0.3) is 0 Å². The van der Waals surface area contributed by atoms with E-state index in [-0.39, 0.29) is 6.04 Å². The molecule has 2 aromatic heterocycles. The van der Waals surface area contributed by atoms with Crippen LogP contribution in [0, 0.1) is 0 Å². The fraction of sp³-hybridized carbons (Fsp3) is 0.389. The first-order valence-corrected chi connectivity index (χ1v) is 8.88. The van der Waals surface area contributed by atoms with Gasteiger partial charge in [0, 0.05) is 17.5 Å². The molecule has 0 aliphatic heterocycles. The highest BCUT2D eigenvalue weighted by atomic mass is 35.5. The number of hydrogen-bond donors (Lipinski definition) is 1. The molecule has 1 unspecified atom stereocenters. The van der Waals surface area contributed by atoms with Crippen molar-refractivity contribution in [3.8, 4) is 0 Å². The lowest BCUT2D eigenvalue weighted by molar-refractivity contribution is 0.311. The fourth-order valence-corrected chi connectivity index (χ4v) is 3.11. The Balaban J connectivity index is 1.53. The van der Waals surface area contributed by atoms with Gasteiger partial charge in [-0.05, 0) is 56.8 Å². The zero-order valence-electron chi connectivity index (χ0n) is 14.4. The van der Waals surface area contributed by atoms with Crippen molar-refractivity contribution in [2.24, 2.45) is 0 Å². The third-order valence-corrected chi connectivity index (χ3v) is 4.84. The maximum absolute atomic E-state index is 6.01. The average Bonchev–Trinajstić information content (AvgIpc) is 3.36. The Morgan fingerprint density at radius 3 is 2.60 bits per heavy atom. The zero-order chi connectivity index (χ0) is 17.4. The third-order valence-electron chi connectivity index (χ3n) is 4.58. The molecule has 1 aromatic carbocycles. The summed E-state index contributed by atoms with van der Waals surface area (Å²) in [6.45, 7) is 0.744. The van der Waals surface area contributed by atoms with Crippen LogP contribution >= 0.6 is 11.6 Å². The van der Waals surface area contributed by atoms with Crippen molar-refractivity contribution < 1.29 is 0 Å². The smallest absolute Gasteiger partial charge is 0.178 e. The molecule has 0 radical (unpaired) electrons. The number of aromatic nitrogens is 4. The standard InChI is InChI=1S/C18H21ClN6/c1-24(2)15(12-5-7-14(19)8-6-12)11-20-16-9-10-17-21-22-18(13-3-4-13)25(17)23-16/h5-10,13,15H,3-4,11H2,1-2H3,(H,20,23). The topological polar surface area (TPSA) is 58.3 Å². The number of nitrogens with one attached hydrogen (secondary N) is 1. The highest BCUT2D eigenvalue weighted by Gasteiger charge is 2.29. The first kappa shape index (κ1) is 16.3. The van der Waals surface area contributed by atoms with E-state index >= 15 is 0 Å². The maximum atomic E-state index is 6.01. The molecule has 1 saturated carbocycles. The van der Waals surface area contributed by atoms with E-state index in [1.54, 1.807) is 0 Å². The van der Waals surface area contributed by atoms with Crippen molar-refractivity contribution in [3.63, 3.8) is 0 Å². The number of benzene rings is 1. The molecule has 2 heterocycles. The molecule has 1 aliphatic rings. The number of rotatable bonds is 6. The molecule has 1 fully saturated rings. The Morgan fingerprint density at radius 1 is 1.16 bits per heavy atom. The summed E-state index contributed by atoms with van der Waals surface area (Å²) in [5.74, 6) is 2.32. The van der Waals surface area contributed by atoms with Gasteiger partial charge in [0.05, 0.1) is 6.04 Å². The Labute approximate surface area is 151 Å². The molecular weight excluding hydrogens is 336 g/mol. The van der Waals surface area contributed by atoms with Crippen LogP contribution in [0.1, 0.15) is 36.2 Å². The van der Waals surface area contributed by atoms with E-state index in [9.17, 15) is 0 Å². The summed E-state index contributed by atoms with van der Waals surface area (Å²) in [6, 6.07) is 12.1. The van der Waals surface area contributed by atoms with Crippen molar-refractivity contribution in [2.45, 2.75) is 24.8 Å². The van der Waals surface area contributed by atoms with Gasteiger partial charge in [-0.25, -0.2) is 0 Å². The third kappa shape index (κ3) is 3.45. The second-order valence-electron chi connectivity index (χ2n) is 6.73. The van der Waals surface area contributed by atoms with Gasteiger partial charge in [0.1, 0.15) is 5.82 Å². The highest BCUT2D eigenvalue weighted by molar-refractivity contribution is 6.30. The molecule has 1 atom stereocenters. The predicted molar refractivity (Wildman–Crippen MR) is 99.1 cm³/mol. The van der Waals surface area contributed by atoms with Gasteiger partial charge < -0.3 is 10.2 Å². The molecule has 130 valence electrons. The molecule has 3 aromatic rings. The molecule has 0 spiro atoms. The molecule has 7 heteroatoms. The van der Waals surface area contributed by atoms with Crippen LogP contribution in [0.25, 0.3) is 5.65 Å². The number of fused-ring (bicyclic) bond motifs is 1. The van der Waals surface area contributed by atoms with E-state index in [2.05, 4.69) is 51.7 Å². The molecule has 0 amide bonds. The van der Waals surface area contributed by atoms with E-state index in [0.29, 0.717) is 5.92 Å². The Hall–Kier alpha value is -2.18. The summed E-state index contributed by atoms with van der Waals surface area (Å²) in [5.41, 5.74) is 2.01. The number of likely N-dealkylation sites (N-methyl/N-ethyl adjacent to an activating group) is 1. The lowest BCUT2D eigenvalue weighted by Gasteiger charge is -2.25. The van der Waals surface area contributed by atoms with E-state index in [1.165, 1.54) is 18.4 Å². The van der Waals surface area contributed by atoms with E-state index in [0.717, 1.165) is 28.9 Å². The minimum absolute atomic E-state index is 0.221. The van der Waals surface area contributed by atoms with Crippen LogP contribution in [0.15, 0.2) is 36.4 Å². The molecule has 1 N–H and O–H groups in total. The van der Waals surface area contributed by atoms with Crippen LogP contribution in [-0.2, 0) is 0 Å². The predicted octanol–water partition coefficient (Wildman–Crippen LogP) is 3.37. The summed E-state index contributed by atoms with van der Waals surface area (Å²) in [5, 5.41) is 17.4. The van der Waals surface area contributed by atoms with Crippen LogP contribution in [-0.4, -0.2) is 45.4 Å². The van der Waals surface area contributed by atoms with Gasteiger partial charge in [0.2, 0.25) is 0 Å². The SMILES string of the molecule is CN(C)C(CNc1ccc2nnc(C3CC3)n2n1)c1ccc(Cl)cc1. The van der Waals surface area contributed by atoms with Crippen LogP contribution in [0.3, 0.4) is 0 Å². The number of nitrogens with zero attached hydrogens (tertiary/aromatic N) is 5. The van der Waals surface area contributed by atoms with Crippen LogP contribution in [0.4, 0.5) is 5.82 Å². The summed E-state index contributed by atoms with van der Waals surface area (Å²) >= 11 is 6.01. The first-order chi connectivity index (χ1) is 12.1. The number of anilines is 1. The quantitative estimate of drug-likeness (QED) is 0.733. The normalized spacial score (nSPS) is 15.7. The fourth-order valence-electron chi connectivity index (χ4n) is 2.98. The number of hydrogen-bond acceptors (Lipinski definition) is 5. The van der Waals surface area contributed by atoms with Crippen molar-refractivity contribution in [1.82, 2.24) is 24.7 Å². The Morgan fingerprint density at radius 2 is 1.92 bits per heavy atom. The van der Waals surface area contributed by atoms with E-state index in [1.807, 2.05) is 28.8 Å². The van der Waals surface area contributed by atoms with Gasteiger partial charge in [-0.15, -0.1) is 15.3 Å². The van der Waals surface area contributed by atoms with Gasteiger partial charge in [0.15, 0.2) is 11.5 Å². The minimum Gasteiger partial charge on any atom is -0.367 e. The zero-order valence-corrected chi connectivity index (χ0v) is 15.1. The molecular formula is C18H21ClN6. The molecule has 1 aliphatic carbocycles. The highest BCUT2D eigenvalue weighted by Crippen LogP contribution is 2.38. The largest absolute Gasteiger partial charge is 0.367 e. The van der Waals surface area contributed by atoms with E-state index in [4.69, 9.17) is 11.6 Å². The summed E-state index contributed by atoms with van der Waals surface area (Å²) < 4.78 is 1.87. The van der Waals surface area contributed by atoms with Crippen LogP contribution < -0.4 is 5.32 Å². The first-order valence-electron chi connectivity index (χ1n) is 8.50. The lowest BCUT2D eigenvalue weighted by atomic mass is 10.1. The molecule has 4 rings (SSSR count). The van der Waals surface area contributed by atoms with Crippen LogP contribution in [0.5, 0.6) is 0 Å². The second kappa shape index (κ2) is 6.61. The van der Waals surface area contributed by atoms with Gasteiger partial charge in [-0.2, -0.15) is 4.52 Å². The Kier molecular flexibility index (Phi) is 4.31. The van der Waals surface area contributed by atoms with Crippen molar-refractivity contribution in [2.75, 3.05) is 26.0 Å². The summed E-state index contributed by atoms with van der Waals surface area (Å²) in [7, 11) is 4.14. The monoisotopic (exact) mass is 356 g/mol. The molecule has 0 bridgehead atoms. The van der Waals surface area contributed by atoms with Gasteiger partial charge in [-0.3, -0.25) is 0 Å². The Bertz CT molecular complexity index is 869. The summed E-state index contributed by atoms with van der Waals surface area (Å²) in [6.07, 6.45) is 2.36. The van der Waals surface area contributed by atoms with Crippen molar-refractivity contribution in [3.05, 3.63) is 52.8 Å². The van der Waals surface area contributed by atoms with E-state index < -0.39 is 0 Å². The lowest BCUT2D eigenvalue weighted by Crippen LogP contribution is -2.27. The van der Waals surface area contributed by atoms with Gasteiger partial charge >= 0.3 is 0 Å². The number of halogens is 1. The molecule has 6 nitrogen and oxygen atoms in total. The molecule has 0 saturated heterocycles. The summed E-state index contributed by atoms with van der Waals surface area (Å²) in [4.78, 5) is 2.18. The molecule has 25 heavy (non-hydrogen) atoms.